The molecule has 0 saturated heterocycles. The highest BCUT2D eigenvalue weighted by atomic mass is 19.4. The Labute approximate surface area is 131 Å². The van der Waals surface area contributed by atoms with Gasteiger partial charge in [0.15, 0.2) is 0 Å². The summed E-state index contributed by atoms with van der Waals surface area (Å²) in [6, 6.07) is 5.43. The molecule has 1 rings (SSSR count). The molecule has 5 nitrogen and oxygen atoms in total. The summed E-state index contributed by atoms with van der Waals surface area (Å²) in [6.07, 6.45) is -5.82. The van der Waals surface area contributed by atoms with Gasteiger partial charge in [-0.1, -0.05) is 6.07 Å². The van der Waals surface area contributed by atoms with Gasteiger partial charge in [0.05, 0.1) is 5.56 Å². The summed E-state index contributed by atoms with van der Waals surface area (Å²) in [5.74, 6) is -0.588. The molecule has 0 atom stereocenters. The molecule has 0 aliphatic carbocycles. The average molecular weight is 330 g/mol. The Hall–Kier alpha value is -2.43. The molecule has 0 aromatic heterocycles. The lowest BCUT2D eigenvalue weighted by molar-refractivity contribution is -0.274. The van der Waals surface area contributed by atoms with Gasteiger partial charge in [-0.15, -0.1) is 13.2 Å². The van der Waals surface area contributed by atoms with E-state index in [9.17, 15) is 23.1 Å². The third kappa shape index (κ3) is 5.70. The number of nitrogens with zero attached hydrogens (tertiary/aromatic N) is 2. The second-order valence-corrected chi connectivity index (χ2v) is 5.85. The number of carboxylic acid groups (broad SMARTS) is 1. The molecule has 0 heterocycles. The average Bonchev–Trinajstić information content (AvgIpc) is 2.35. The third-order valence-corrected chi connectivity index (χ3v) is 3.06. The van der Waals surface area contributed by atoms with Crippen molar-refractivity contribution >= 4 is 6.09 Å². The first-order chi connectivity index (χ1) is 10.4. The largest absolute Gasteiger partial charge is 0.573 e. The smallest absolute Gasteiger partial charge is 0.465 e. The normalized spacial score (nSPS) is 11.7. The predicted octanol–water partition coefficient (Wildman–Crippen LogP) is 3.78. The lowest BCUT2D eigenvalue weighted by atomic mass is 10.0. The number of benzene rings is 1. The number of nitriles is 1. The molecular formula is C15H17F3N2O3. The SMILES string of the molecule is CC(C)(C)N(CCc1ccc(C#N)c(OC(F)(F)F)c1)C(=O)O. The van der Waals surface area contributed by atoms with Gasteiger partial charge in [0.25, 0.3) is 0 Å². The fourth-order valence-corrected chi connectivity index (χ4v) is 1.98. The van der Waals surface area contributed by atoms with Crippen molar-refractivity contribution in [3.05, 3.63) is 29.3 Å². The number of hydrogen-bond acceptors (Lipinski definition) is 3. The number of rotatable bonds is 4. The van der Waals surface area contributed by atoms with E-state index in [0.717, 1.165) is 6.07 Å². The molecule has 0 radical (unpaired) electrons. The van der Waals surface area contributed by atoms with Crippen LogP contribution in [0.2, 0.25) is 0 Å². The van der Waals surface area contributed by atoms with Gasteiger partial charge in [-0.25, -0.2) is 4.79 Å². The van der Waals surface area contributed by atoms with Crippen LogP contribution < -0.4 is 4.74 Å². The lowest BCUT2D eigenvalue weighted by Gasteiger charge is -2.33. The highest BCUT2D eigenvalue weighted by Crippen LogP contribution is 2.27. The van der Waals surface area contributed by atoms with Crippen LogP contribution in [0.1, 0.15) is 31.9 Å². The maximum Gasteiger partial charge on any atom is 0.573 e. The molecule has 0 bridgehead atoms. The summed E-state index contributed by atoms with van der Waals surface area (Å²) >= 11 is 0. The van der Waals surface area contributed by atoms with Crippen LogP contribution in [0.4, 0.5) is 18.0 Å². The molecule has 8 heteroatoms. The molecule has 0 aliphatic rings. The minimum Gasteiger partial charge on any atom is -0.465 e. The molecule has 0 aliphatic heterocycles. The lowest BCUT2D eigenvalue weighted by Crippen LogP contribution is -2.45. The maximum absolute atomic E-state index is 12.3. The van der Waals surface area contributed by atoms with Crippen molar-refractivity contribution in [2.24, 2.45) is 0 Å². The molecular weight excluding hydrogens is 313 g/mol. The Morgan fingerprint density at radius 3 is 2.39 bits per heavy atom. The molecule has 1 N–H and O–H groups in total. The van der Waals surface area contributed by atoms with Gasteiger partial charge >= 0.3 is 12.5 Å². The van der Waals surface area contributed by atoms with E-state index in [0.29, 0.717) is 5.56 Å². The predicted molar refractivity (Wildman–Crippen MR) is 76.0 cm³/mol. The molecule has 1 aromatic carbocycles. The van der Waals surface area contributed by atoms with Gasteiger partial charge < -0.3 is 14.7 Å². The first-order valence-electron chi connectivity index (χ1n) is 6.73. The minimum absolute atomic E-state index is 0.107. The second-order valence-electron chi connectivity index (χ2n) is 5.85. The van der Waals surface area contributed by atoms with Crippen LogP contribution in [0.15, 0.2) is 18.2 Å². The van der Waals surface area contributed by atoms with Crippen LogP contribution in [0, 0.1) is 11.3 Å². The summed E-state index contributed by atoms with van der Waals surface area (Å²) in [7, 11) is 0. The minimum atomic E-state index is -4.90. The van der Waals surface area contributed by atoms with Crippen molar-refractivity contribution in [2.75, 3.05) is 6.54 Å². The van der Waals surface area contributed by atoms with Crippen molar-refractivity contribution in [1.82, 2.24) is 4.90 Å². The monoisotopic (exact) mass is 330 g/mol. The Balaban J connectivity index is 2.96. The van der Waals surface area contributed by atoms with Crippen LogP contribution in [-0.4, -0.2) is 34.5 Å². The van der Waals surface area contributed by atoms with Crippen molar-refractivity contribution in [2.45, 2.75) is 39.1 Å². The van der Waals surface area contributed by atoms with Crippen molar-refractivity contribution in [3.8, 4) is 11.8 Å². The van der Waals surface area contributed by atoms with Crippen LogP contribution >= 0.6 is 0 Å². The number of hydrogen-bond donors (Lipinski definition) is 1. The van der Waals surface area contributed by atoms with Crippen molar-refractivity contribution in [1.29, 1.82) is 5.26 Å². The van der Waals surface area contributed by atoms with Gasteiger partial charge in [-0.2, -0.15) is 5.26 Å². The Bertz CT molecular complexity index is 616. The van der Waals surface area contributed by atoms with E-state index in [1.807, 2.05) is 0 Å². The molecule has 0 spiro atoms. The summed E-state index contributed by atoms with van der Waals surface area (Å²) < 4.78 is 40.9. The van der Waals surface area contributed by atoms with Gasteiger partial charge in [-0.05, 0) is 44.9 Å². The molecule has 126 valence electrons. The fourth-order valence-electron chi connectivity index (χ4n) is 1.98. The molecule has 23 heavy (non-hydrogen) atoms. The van der Waals surface area contributed by atoms with Crippen LogP contribution in [0.3, 0.4) is 0 Å². The summed E-state index contributed by atoms with van der Waals surface area (Å²) in [5.41, 5.74) is -0.431. The van der Waals surface area contributed by atoms with Gasteiger partial charge in [-0.3, -0.25) is 0 Å². The zero-order chi connectivity index (χ0) is 17.8. The van der Waals surface area contributed by atoms with Crippen LogP contribution in [0.25, 0.3) is 0 Å². The molecule has 1 aromatic rings. The Kier molecular flexibility index (Phi) is 5.48. The topological polar surface area (TPSA) is 73.6 Å². The van der Waals surface area contributed by atoms with Gasteiger partial charge in [0.2, 0.25) is 0 Å². The first-order valence-corrected chi connectivity index (χ1v) is 6.73. The van der Waals surface area contributed by atoms with Crippen LogP contribution in [-0.2, 0) is 6.42 Å². The van der Waals surface area contributed by atoms with Gasteiger partial charge in [0, 0.05) is 12.1 Å². The van der Waals surface area contributed by atoms with E-state index >= 15 is 0 Å². The third-order valence-electron chi connectivity index (χ3n) is 3.06. The van der Waals surface area contributed by atoms with E-state index in [1.165, 1.54) is 17.0 Å². The fraction of sp³-hybridized carbons (Fsp3) is 0.467. The Morgan fingerprint density at radius 2 is 1.96 bits per heavy atom. The Morgan fingerprint density at radius 1 is 1.35 bits per heavy atom. The van der Waals surface area contributed by atoms with Crippen molar-refractivity contribution < 1.29 is 27.8 Å². The number of alkyl halides is 3. The number of ether oxygens (including phenoxy) is 1. The van der Waals surface area contributed by atoms with Crippen LogP contribution in [0.5, 0.6) is 5.75 Å². The summed E-state index contributed by atoms with van der Waals surface area (Å²) in [4.78, 5) is 12.4. The summed E-state index contributed by atoms with van der Waals surface area (Å²) in [6.45, 7) is 5.27. The zero-order valence-electron chi connectivity index (χ0n) is 12.9. The highest BCUT2D eigenvalue weighted by molar-refractivity contribution is 5.66. The first kappa shape index (κ1) is 18.6. The van der Waals surface area contributed by atoms with E-state index in [4.69, 9.17) is 5.26 Å². The quantitative estimate of drug-likeness (QED) is 0.912. The molecule has 1 amide bonds. The number of halogens is 3. The highest BCUT2D eigenvalue weighted by Gasteiger charge is 2.32. The zero-order valence-corrected chi connectivity index (χ0v) is 12.9. The van der Waals surface area contributed by atoms with E-state index < -0.39 is 23.7 Å². The van der Waals surface area contributed by atoms with E-state index in [2.05, 4.69) is 4.74 Å². The maximum atomic E-state index is 12.3. The summed E-state index contributed by atoms with van der Waals surface area (Å²) in [5, 5.41) is 18.0. The number of amides is 1. The van der Waals surface area contributed by atoms with E-state index in [1.54, 1.807) is 26.8 Å². The second kappa shape index (κ2) is 6.77. The van der Waals surface area contributed by atoms with Gasteiger partial charge in [0.1, 0.15) is 11.8 Å². The molecule has 0 unspecified atom stereocenters. The van der Waals surface area contributed by atoms with E-state index in [-0.39, 0.29) is 18.5 Å². The molecule has 0 saturated carbocycles. The number of carbonyl (C=O) groups is 1. The van der Waals surface area contributed by atoms with Crippen molar-refractivity contribution in [3.63, 3.8) is 0 Å². The molecule has 0 fully saturated rings. The standard InChI is InChI=1S/C15H17F3N2O3/c1-14(2,3)20(13(21)22)7-6-10-4-5-11(9-19)12(8-10)23-15(16,17)18/h4-5,8H,6-7H2,1-3H3,(H,21,22).